The molecule has 0 saturated heterocycles. The van der Waals surface area contributed by atoms with Crippen LogP contribution in [0, 0.1) is 46.3 Å². The van der Waals surface area contributed by atoms with Crippen LogP contribution in [0.1, 0.15) is 215 Å². The van der Waals surface area contributed by atoms with Crippen LogP contribution in [0.4, 0.5) is 9.59 Å². The summed E-state index contributed by atoms with van der Waals surface area (Å²) in [6.07, 6.45) is 32.8. The van der Waals surface area contributed by atoms with Crippen LogP contribution < -0.4 is 5.32 Å². The quantitative estimate of drug-likeness (QED) is 0.0217. The summed E-state index contributed by atoms with van der Waals surface area (Å²) in [5.74, 6) is 4.59. The molecule has 390 valence electrons. The normalized spacial score (nSPS) is 27.8. The van der Waals surface area contributed by atoms with Gasteiger partial charge in [-0.25, -0.2) is 14.2 Å². The number of unbranched alkanes of at least 4 members (excludes halogenated alkanes) is 15. The predicted molar refractivity (Wildman–Crippen MR) is 272 cm³/mol. The average Bonchev–Trinajstić information content (AvgIpc) is 3.62. The standard InChI is InChI=1S/C55H101N2O9P/c1-10-11-12-13-14-15-16-17-18-19-20-21-22-23-24-25-37-56-52(58)65-47(42-64-67(60,61)63-39-38-57(7,8)9)41-62-53(59)66-46-33-35-54(5)45(40-46)29-30-48-50-32-31-49(44(4)28-26-27-43(2)3)55(50,6)36-34-51(48)54/h29,43-44,46-51H,10-28,30-42H2,1-9H3,(H-,56,58,60,61)/p+1/t44-,46+,47?,48+,49-,50+,51+,54+,55-/m1/s1. The summed E-state index contributed by atoms with van der Waals surface area (Å²) in [6, 6.07) is 0. The Balaban J connectivity index is 1.19. The van der Waals surface area contributed by atoms with Crippen LogP contribution in [-0.4, -0.2) is 87.9 Å². The number of quaternary nitrogens is 1. The van der Waals surface area contributed by atoms with Crippen LogP contribution >= 0.6 is 7.82 Å². The summed E-state index contributed by atoms with van der Waals surface area (Å²) in [5, 5.41) is 2.79. The molecule has 3 saturated carbocycles. The number of amides is 1. The number of carbonyl (C=O) groups is 2. The van der Waals surface area contributed by atoms with Gasteiger partial charge < -0.3 is 28.9 Å². The number of nitrogens with zero attached hydrogens (tertiary/aromatic N) is 1. The number of phosphoric ester groups is 1. The molecule has 12 heteroatoms. The summed E-state index contributed by atoms with van der Waals surface area (Å²) in [4.78, 5) is 36.5. The molecule has 1 amide bonds. The van der Waals surface area contributed by atoms with Crippen molar-refractivity contribution in [2.45, 2.75) is 227 Å². The SMILES string of the molecule is CCCCCCCCCCCCCCCCCCNC(=O)OC(COC(=O)O[C@H]1CC[C@@]2(C)C(=CC[C@H]3[C@@H]4CC[C@H]([C@H](C)CCCC(C)C)[C@@]4(C)CC[C@@H]32)C1)COP(=O)(O)OCC[N+](C)(C)C. The maximum absolute atomic E-state index is 13.2. The van der Waals surface area contributed by atoms with Gasteiger partial charge in [0.2, 0.25) is 0 Å². The van der Waals surface area contributed by atoms with E-state index in [0.29, 0.717) is 35.3 Å². The van der Waals surface area contributed by atoms with Crippen molar-refractivity contribution in [3.05, 3.63) is 11.6 Å². The lowest BCUT2D eigenvalue weighted by Gasteiger charge is -2.58. The maximum atomic E-state index is 13.2. The second kappa shape index (κ2) is 29.0. The van der Waals surface area contributed by atoms with E-state index in [1.807, 2.05) is 21.1 Å². The first-order valence-electron chi connectivity index (χ1n) is 27.8. The van der Waals surface area contributed by atoms with Gasteiger partial charge in [-0.2, -0.15) is 0 Å². The molecule has 11 nitrogen and oxygen atoms in total. The molecule has 67 heavy (non-hydrogen) atoms. The van der Waals surface area contributed by atoms with Gasteiger partial charge in [-0.05, 0) is 97.7 Å². The summed E-state index contributed by atoms with van der Waals surface area (Å²) in [7, 11) is 1.38. The topological polar surface area (TPSA) is 130 Å². The number of carbonyl (C=O) groups excluding carboxylic acids is 2. The number of fused-ring (bicyclic) bond motifs is 5. The number of hydrogen-bond acceptors (Lipinski definition) is 8. The molecule has 10 atom stereocenters. The Morgan fingerprint density at radius 1 is 0.791 bits per heavy atom. The molecule has 0 spiro atoms. The third kappa shape index (κ3) is 19.8. The molecule has 3 fully saturated rings. The minimum Gasteiger partial charge on any atom is -0.440 e. The lowest BCUT2D eigenvalue weighted by molar-refractivity contribution is -0.870. The lowest BCUT2D eigenvalue weighted by atomic mass is 9.47. The fourth-order valence-electron chi connectivity index (χ4n) is 12.9. The fraction of sp³-hybridized carbons (Fsp3) is 0.927. The van der Waals surface area contributed by atoms with Crippen LogP contribution in [0.5, 0.6) is 0 Å². The van der Waals surface area contributed by atoms with E-state index in [1.165, 1.54) is 134 Å². The molecule has 4 rings (SSSR count). The maximum Gasteiger partial charge on any atom is 0.508 e. The molecule has 2 N–H and O–H groups in total. The Kier molecular flexibility index (Phi) is 25.1. The number of ether oxygens (including phenoxy) is 3. The van der Waals surface area contributed by atoms with Crippen molar-refractivity contribution >= 4 is 20.1 Å². The van der Waals surface area contributed by atoms with Crippen molar-refractivity contribution in [1.29, 1.82) is 0 Å². The van der Waals surface area contributed by atoms with Crippen LogP contribution in [0.2, 0.25) is 0 Å². The highest BCUT2D eigenvalue weighted by atomic mass is 31.2. The summed E-state index contributed by atoms with van der Waals surface area (Å²) in [5.41, 5.74) is 1.99. The van der Waals surface area contributed by atoms with E-state index in [0.717, 1.165) is 68.1 Å². The van der Waals surface area contributed by atoms with Gasteiger partial charge in [0.15, 0.2) is 6.10 Å². The highest BCUT2D eigenvalue weighted by Gasteiger charge is 2.59. The van der Waals surface area contributed by atoms with Gasteiger partial charge in [0, 0.05) is 13.0 Å². The van der Waals surface area contributed by atoms with Gasteiger partial charge in [0.25, 0.3) is 0 Å². The highest BCUT2D eigenvalue weighted by molar-refractivity contribution is 7.47. The number of nitrogens with one attached hydrogen (secondary N) is 1. The van der Waals surface area contributed by atoms with E-state index < -0.39 is 39.4 Å². The third-order valence-electron chi connectivity index (χ3n) is 16.9. The van der Waals surface area contributed by atoms with Crippen molar-refractivity contribution < 1.29 is 46.8 Å². The predicted octanol–water partition coefficient (Wildman–Crippen LogP) is 14.7. The number of rotatable bonds is 33. The number of hydrogen-bond donors (Lipinski definition) is 2. The van der Waals surface area contributed by atoms with Gasteiger partial charge in [-0.1, -0.05) is 169 Å². The van der Waals surface area contributed by atoms with E-state index in [4.69, 9.17) is 23.3 Å². The summed E-state index contributed by atoms with van der Waals surface area (Å²) in [6.45, 7) is 14.7. The monoisotopic (exact) mass is 966 g/mol. The van der Waals surface area contributed by atoms with E-state index in [-0.39, 0.29) is 18.1 Å². The Bertz CT molecular complexity index is 1520. The third-order valence-corrected chi connectivity index (χ3v) is 17.9. The molecule has 4 aliphatic carbocycles. The Morgan fingerprint density at radius 2 is 1.42 bits per heavy atom. The zero-order valence-corrected chi connectivity index (χ0v) is 45.3. The van der Waals surface area contributed by atoms with Crippen LogP contribution in [-0.2, 0) is 27.8 Å². The minimum atomic E-state index is -4.46. The first-order valence-corrected chi connectivity index (χ1v) is 29.3. The Labute approximate surface area is 409 Å². The molecular formula is C55H102N2O9P+. The molecule has 0 aromatic carbocycles. The smallest absolute Gasteiger partial charge is 0.440 e. The largest absolute Gasteiger partial charge is 0.508 e. The molecular weight excluding hydrogens is 864 g/mol. The van der Waals surface area contributed by atoms with Gasteiger partial charge in [-0.15, -0.1) is 0 Å². The van der Waals surface area contributed by atoms with Gasteiger partial charge in [-0.3, -0.25) is 9.05 Å². The molecule has 0 aliphatic heterocycles. The molecule has 0 heterocycles. The van der Waals surface area contributed by atoms with Crippen molar-refractivity contribution in [3.8, 4) is 0 Å². The van der Waals surface area contributed by atoms with E-state index in [1.54, 1.807) is 0 Å². The number of alkyl carbamates (subject to hydrolysis) is 1. The minimum absolute atomic E-state index is 0.00206. The van der Waals surface area contributed by atoms with Crippen LogP contribution in [0.15, 0.2) is 11.6 Å². The molecule has 0 aromatic heterocycles. The Hall–Kier alpha value is -1.65. The van der Waals surface area contributed by atoms with Gasteiger partial charge in [0.1, 0.15) is 25.9 Å². The van der Waals surface area contributed by atoms with Crippen molar-refractivity contribution in [2.75, 3.05) is 54.1 Å². The van der Waals surface area contributed by atoms with E-state index in [2.05, 4.69) is 52.9 Å². The molecule has 0 radical (unpaired) electrons. The van der Waals surface area contributed by atoms with Crippen molar-refractivity contribution in [1.82, 2.24) is 5.32 Å². The molecule has 2 unspecified atom stereocenters. The van der Waals surface area contributed by atoms with Crippen LogP contribution in [0.25, 0.3) is 0 Å². The second-order valence-corrected chi connectivity index (χ2v) is 25.2. The van der Waals surface area contributed by atoms with E-state index in [9.17, 15) is 19.0 Å². The van der Waals surface area contributed by atoms with Crippen molar-refractivity contribution in [3.63, 3.8) is 0 Å². The number of phosphoric acid groups is 1. The molecule has 0 bridgehead atoms. The van der Waals surface area contributed by atoms with Gasteiger partial charge in [0.05, 0.1) is 27.7 Å². The lowest BCUT2D eigenvalue weighted by Crippen LogP contribution is -2.51. The van der Waals surface area contributed by atoms with E-state index >= 15 is 0 Å². The molecule has 4 aliphatic rings. The zero-order chi connectivity index (χ0) is 48.9. The highest BCUT2D eigenvalue weighted by Crippen LogP contribution is 2.67. The second-order valence-electron chi connectivity index (χ2n) is 23.7. The summed E-state index contributed by atoms with van der Waals surface area (Å²) < 4.78 is 40.7. The summed E-state index contributed by atoms with van der Waals surface area (Å²) >= 11 is 0. The van der Waals surface area contributed by atoms with Gasteiger partial charge >= 0.3 is 20.1 Å². The molecule has 0 aromatic rings. The number of likely N-dealkylation sites (N-methyl/N-ethyl adjacent to an activating group) is 1. The van der Waals surface area contributed by atoms with Crippen molar-refractivity contribution in [2.24, 2.45) is 46.3 Å². The zero-order valence-electron chi connectivity index (χ0n) is 44.4. The fourth-order valence-corrected chi connectivity index (χ4v) is 13.6. The average molecular weight is 966 g/mol. The first kappa shape index (κ1) is 57.9. The Morgan fingerprint density at radius 3 is 2.03 bits per heavy atom. The van der Waals surface area contributed by atoms with Crippen LogP contribution in [0.3, 0.4) is 0 Å². The first-order chi connectivity index (χ1) is 31.9. The number of allylic oxidation sites excluding steroid dienone is 1.